The van der Waals surface area contributed by atoms with Gasteiger partial charge in [-0.05, 0) is 43.4 Å². The Kier molecular flexibility index (Phi) is 3.66. The predicted molar refractivity (Wildman–Crippen MR) is 80.1 cm³/mol. The van der Waals surface area contributed by atoms with Crippen LogP contribution in [0.1, 0.15) is 37.3 Å². The SMILES string of the molecule is O=C([C@@H]1CCCO1)N1CCC[C@@H]1c1ccc2c(c1)OCCO2. The third-order valence-electron chi connectivity index (χ3n) is 4.69. The van der Waals surface area contributed by atoms with Crippen LogP contribution in [0.5, 0.6) is 11.5 Å². The number of nitrogens with zero attached hydrogens (tertiary/aromatic N) is 1. The van der Waals surface area contributed by atoms with Gasteiger partial charge < -0.3 is 19.1 Å². The fraction of sp³-hybridized carbons (Fsp3) is 0.588. The number of hydrogen-bond acceptors (Lipinski definition) is 4. The molecule has 2 saturated heterocycles. The van der Waals surface area contributed by atoms with Crippen molar-refractivity contribution in [2.75, 3.05) is 26.4 Å². The summed E-state index contributed by atoms with van der Waals surface area (Å²) in [6.45, 7) is 2.70. The van der Waals surface area contributed by atoms with E-state index in [1.807, 2.05) is 17.0 Å². The Morgan fingerprint density at radius 2 is 1.91 bits per heavy atom. The van der Waals surface area contributed by atoms with Crippen LogP contribution < -0.4 is 9.47 Å². The Morgan fingerprint density at radius 1 is 1.05 bits per heavy atom. The van der Waals surface area contributed by atoms with Gasteiger partial charge in [-0.2, -0.15) is 0 Å². The molecule has 0 bridgehead atoms. The van der Waals surface area contributed by atoms with Gasteiger partial charge in [-0.15, -0.1) is 0 Å². The quantitative estimate of drug-likeness (QED) is 0.841. The molecule has 22 heavy (non-hydrogen) atoms. The molecule has 0 aromatic heterocycles. The van der Waals surface area contributed by atoms with Gasteiger partial charge in [0.2, 0.25) is 0 Å². The van der Waals surface area contributed by atoms with Gasteiger partial charge in [0.05, 0.1) is 6.04 Å². The van der Waals surface area contributed by atoms with Crippen LogP contribution in [0.2, 0.25) is 0 Å². The Labute approximate surface area is 130 Å². The standard InChI is InChI=1S/C17H21NO4/c19-17(15-4-2-8-20-15)18-7-1-3-13(18)12-5-6-14-16(11-12)22-10-9-21-14/h5-6,11,13,15H,1-4,7-10H2/t13-,15+/m1/s1. The van der Waals surface area contributed by atoms with Gasteiger partial charge >= 0.3 is 0 Å². The summed E-state index contributed by atoms with van der Waals surface area (Å²) in [7, 11) is 0. The van der Waals surface area contributed by atoms with Gasteiger partial charge in [0, 0.05) is 13.2 Å². The second-order valence-electron chi connectivity index (χ2n) is 6.09. The van der Waals surface area contributed by atoms with Gasteiger partial charge in [0.25, 0.3) is 5.91 Å². The minimum absolute atomic E-state index is 0.132. The first-order valence-corrected chi connectivity index (χ1v) is 8.14. The van der Waals surface area contributed by atoms with Crippen LogP contribution in [0.4, 0.5) is 0 Å². The first kappa shape index (κ1) is 13.9. The van der Waals surface area contributed by atoms with Crippen molar-refractivity contribution in [1.82, 2.24) is 4.90 Å². The van der Waals surface area contributed by atoms with E-state index in [-0.39, 0.29) is 18.1 Å². The number of ether oxygens (including phenoxy) is 3. The maximum absolute atomic E-state index is 12.7. The van der Waals surface area contributed by atoms with Crippen LogP contribution in [0.15, 0.2) is 18.2 Å². The zero-order chi connectivity index (χ0) is 14.9. The number of likely N-dealkylation sites (tertiary alicyclic amines) is 1. The van der Waals surface area contributed by atoms with Crippen molar-refractivity contribution in [1.29, 1.82) is 0 Å². The number of amides is 1. The summed E-state index contributed by atoms with van der Waals surface area (Å²) in [6.07, 6.45) is 3.63. The summed E-state index contributed by atoms with van der Waals surface area (Å²) in [4.78, 5) is 14.7. The van der Waals surface area contributed by atoms with Gasteiger partial charge in [0.1, 0.15) is 19.3 Å². The molecule has 0 radical (unpaired) electrons. The molecule has 1 aromatic rings. The van der Waals surface area contributed by atoms with E-state index in [1.165, 1.54) is 0 Å². The lowest BCUT2D eigenvalue weighted by Crippen LogP contribution is -2.38. The van der Waals surface area contributed by atoms with Crippen molar-refractivity contribution in [2.24, 2.45) is 0 Å². The molecular formula is C17H21NO4. The second-order valence-corrected chi connectivity index (χ2v) is 6.09. The van der Waals surface area contributed by atoms with E-state index >= 15 is 0 Å². The number of hydrogen-bond donors (Lipinski definition) is 0. The van der Waals surface area contributed by atoms with Gasteiger partial charge in [-0.1, -0.05) is 6.07 Å². The van der Waals surface area contributed by atoms with E-state index in [0.29, 0.717) is 19.8 Å². The minimum Gasteiger partial charge on any atom is -0.486 e. The smallest absolute Gasteiger partial charge is 0.252 e. The Hall–Kier alpha value is -1.75. The Balaban J connectivity index is 1.56. The molecule has 0 spiro atoms. The normalized spacial score (nSPS) is 27.2. The number of rotatable bonds is 2. The first-order valence-electron chi connectivity index (χ1n) is 8.14. The molecule has 0 unspecified atom stereocenters. The van der Waals surface area contributed by atoms with Crippen molar-refractivity contribution in [3.8, 4) is 11.5 Å². The van der Waals surface area contributed by atoms with E-state index in [0.717, 1.165) is 49.3 Å². The predicted octanol–water partition coefficient (Wildman–Crippen LogP) is 2.30. The highest BCUT2D eigenvalue weighted by molar-refractivity contribution is 5.82. The molecule has 4 rings (SSSR count). The zero-order valence-corrected chi connectivity index (χ0v) is 12.6. The summed E-state index contributed by atoms with van der Waals surface area (Å²) in [5.74, 6) is 1.74. The average molecular weight is 303 g/mol. The lowest BCUT2D eigenvalue weighted by molar-refractivity contribution is -0.141. The maximum atomic E-state index is 12.7. The molecule has 118 valence electrons. The van der Waals surface area contributed by atoms with Gasteiger partial charge in [0.15, 0.2) is 11.5 Å². The fourth-order valence-corrected chi connectivity index (χ4v) is 3.60. The molecule has 0 N–H and O–H groups in total. The molecule has 5 nitrogen and oxygen atoms in total. The van der Waals surface area contributed by atoms with Crippen LogP contribution >= 0.6 is 0 Å². The van der Waals surface area contributed by atoms with E-state index in [1.54, 1.807) is 0 Å². The van der Waals surface area contributed by atoms with E-state index in [4.69, 9.17) is 14.2 Å². The van der Waals surface area contributed by atoms with Gasteiger partial charge in [-0.3, -0.25) is 4.79 Å². The minimum atomic E-state index is -0.238. The summed E-state index contributed by atoms with van der Waals surface area (Å²) in [6, 6.07) is 6.17. The van der Waals surface area contributed by atoms with Crippen molar-refractivity contribution in [3.63, 3.8) is 0 Å². The van der Waals surface area contributed by atoms with E-state index < -0.39 is 0 Å². The Morgan fingerprint density at radius 3 is 2.73 bits per heavy atom. The number of fused-ring (bicyclic) bond motifs is 1. The summed E-state index contributed by atoms with van der Waals surface area (Å²) in [5.41, 5.74) is 1.13. The summed E-state index contributed by atoms with van der Waals surface area (Å²) < 4.78 is 16.8. The molecular weight excluding hydrogens is 282 g/mol. The molecule has 3 aliphatic heterocycles. The molecule has 0 saturated carbocycles. The van der Waals surface area contributed by atoms with E-state index in [2.05, 4.69) is 6.07 Å². The van der Waals surface area contributed by atoms with Crippen molar-refractivity contribution in [2.45, 2.75) is 37.8 Å². The molecule has 0 aliphatic carbocycles. The van der Waals surface area contributed by atoms with Crippen molar-refractivity contribution in [3.05, 3.63) is 23.8 Å². The molecule has 1 aromatic carbocycles. The molecule has 3 aliphatic rings. The van der Waals surface area contributed by atoms with Crippen LogP contribution in [0.3, 0.4) is 0 Å². The highest BCUT2D eigenvalue weighted by atomic mass is 16.6. The van der Waals surface area contributed by atoms with Crippen molar-refractivity contribution >= 4 is 5.91 Å². The monoisotopic (exact) mass is 303 g/mol. The lowest BCUT2D eigenvalue weighted by Gasteiger charge is -2.28. The van der Waals surface area contributed by atoms with Crippen molar-refractivity contribution < 1.29 is 19.0 Å². The fourth-order valence-electron chi connectivity index (χ4n) is 3.60. The number of benzene rings is 1. The largest absolute Gasteiger partial charge is 0.486 e. The molecule has 2 fully saturated rings. The third kappa shape index (κ3) is 2.43. The average Bonchev–Trinajstić information content (AvgIpc) is 3.25. The summed E-state index contributed by atoms with van der Waals surface area (Å²) in [5, 5.41) is 0. The highest BCUT2D eigenvalue weighted by Gasteiger charge is 2.36. The molecule has 1 amide bonds. The zero-order valence-electron chi connectivity index (χ0n) is 12.6. The lowest BCUT2D eigenvalue weighted by atomic mass is 10.0. The van der Waals surface area contributed by atoms with Crippen LogP contribution in [0.25, 0.3) is 0 Å². The molecule has 5 heteroatoms. The summed E-state index contributed by atoms with van der Waals surface area (Å²) >= 11 is 0. The third-order valence-corrected chi connectivity index (χ3v) is 4.69. The van der Waals surface area contributed by atoms with Crippen LogP contribution in [-0.2, 0) is 9.53 Å². The van der Waals surface area contributed by atoms with Crippen LogP contribution in [-0.4, -0.2) is 43.3 Å². The van der Waals surface area contributed by atoms with Crippen LogP contribution in [0, 0.1) is 0 Å². The second kappa shape index (κ2) is 5.80. The number of carbonyl (C=O) groups excluding carboxylic acids is 1. The molecule has 3 heterocycles. The van der Waals surface area contributed by atoms with Gasteiger partial charge in [-0.25, -0.2) is 0 Å². The molecule has 2 atom stereocenters. The highest BCUT2D eigenvalue weighted by Crippen LogP contribution is 2.38. The topological polar surface area (TPSA) is 48.0 Å². The Bertz CT molecular complexity index is 568. The first-order chi connectivity index (χ1) is 10.8. The number of carbonyl (C=O) groups is 1. The van der Waals surface area contributed by atoms with E-state index in [9.17, 15) is 4.79 Å². The maximum Gasteiger partial charge on any atom is 0.252 e.